The molecule has 194 valence electrons. The van der Waals surface area contributed by atoms with E-state index in [-0.39, 0.29) is 23.6 Å². The number of hydrogen-bond acceptors (Lipinski definition) is 8. The fraction of sp³-hybridized carbons (Fsp3) is 0.458. The average molecular weight is 502 g/mol. The van der Waals surface area contributed by atoms with Crippen molar-refractivity contribution in [1.82, 2.24) is 24.3 Å². The van der Waals surface area contributed by atoms with Gasteiger partial charge in [0.2, 0.25) is 11.8 Å². The Morgan fingerprint density at radius 1 is 1.31 bits per heavy atom. The van der Waals surface area contributed by atoms with Crippen molar-refractivity contribution in [1.29, 1.82) is 0 Å². The molecule has 0 bridgehead atoms. The molecule has 4 rings (SSSR count). The highest BCUT2D eigenvalue weighted by Gasteiger charge is 2.24. The summed E-state index contributed by atoms with van der Waals surface area (Å²) in [5.74, 6) is 0.445. The van der Waals surface area contributed by atoms with Gasteiger partial charge in [0.15, 0.2) is 11.5 Å². The van der Waals surface area contributed by atoms with Crippen molar-refractivity contribution >= 4 is 29.7 Å². The van der Waals surface area contributed by atoms with E-state index in [0.29, 0.717) is 29.9 Å². The molecule has 2 N–H and O–H groups in total. The van der Waals surface area contributed by atoms with E-state index < -0.39 is 11.7 Å². The van der Waals surface area contributed by atoms with Crippen LogP contribution in [-0.2, 0) is 4.79 Å². The molecule has 11 nitrogen and oxygen atoms in total. The first kappa shape index (κ1) is 26.8. The maximum absolute atomic E-state index is 14.4. The number of halogens is 1. The van der Waals surface area contributed by atoms with E-state index in [1.54, 1.807) is 23.7 Å². The highest BCUT2D eigenvalue weighted by Crippen LogP contribution is 2.25. The van der Waals surface area contributed by atoms with Gasteiger partial charge < -0.3 is 29.4 Å². The molecule has 1 saturated heterocycles. The number of nitrogens with zero attached hydrogens (tertiary/aromatic N) is 6. The van der Waals surface area contributed by atoms with Crippen LogP contribution in [0.1, 0.15) is 35.8 Å². The predicted octanol–water partition coefficient (Wildman–Crippen LogP) is 2.70. The summed E-state index contributed by atoms with van der Waals surface area (Å²) in [5, 5.41) is 9.61. The third kappa shape index (κ3) is 6.66. The van der Waals surface area contributed by atoms with Crippen molar-refractivity contribution < 1.29 is 23.8 Å². The number of anilines is 2. The van der Waals surface area contributed by atoms with E-state index in [9.17, 15) is 9.18 Å². The van der Waals surface area contributed by atoms with Crippen LogP contribution in [0, 0.1) is 18.7 Å². The lowest BCUT2D eigenvalue weighted by atomic mass is 9.97. The smallest absolute Gasteiger partial charge is 0.290 e. The van der Waals surface area contributed by atoms with Gasteiger partial charge in [-0.25, -0.2) is 14.4 Å². The first-order valence-corrected chi connectivity index (χ1v) is 11.7. The van der Waals surface area contributed by atoms with Crippen LogP contribution >= 0.6 is 0 Å². The Bertz CT molecular complexity index is 1190. The van der Waals surface area contributed by atoms with Crippen molar-refractivity contribution in [2.75, 3.05) is 50.6 Å². The Morgan fingerprint density at radius 2 is 2.00 bits per heavy atom. The number of piperidine rings is 1. The molecule has 0 aromatic carbocycles. The molecule has 1 aliphatic heterocycles. The van der Waals surface area contributed by atoms with Crippen LogP contribution in [0.25, 0.3) is 5.65 Å². The third-order valence-corrected chi connectivity index (χ3v) is 5.67. The molecule has 1 amide bonds. The number of nitrogens with one attached hydrogen (secondary N) is 1. The van der Waals surface area contributed by atoms with Crippen LogP contribution in [0.5, 0.6) is 5.88 Å². The average Bonchev–Trinajstić information content (AvgIpc) is 3.20. The molecular weight excluding hydrogens is 469 g/mol. The summed E-state index contributed by atoms with van der Waals surface area (Å²) >= 11 is 0. The van der Waals surface area contributed by atoms with Crippen molar-refractivity contribution in [2.45, 2.75) is 26.7 Å². The molecule has 0 aliphatic carbocycles. The zero-order valence-electron chi connectivity index (χ0n) is 20.9. The summed E-state index contributed by atoms with van der Waals surface area (Å²) in [6.07, 6.45) is 6.92. The minimum absolute atomic E-state index is 0.199. The number of pyridine rings is 1. The summed E-state index contributed by atoms with van der Waals surface area (Å²) in [6, 6.07) is 1.24. The molecular formula is C24H32FN7O4. The van der Waals surface area contributed by atoms with Gasteiger partial charge in [0.25, 0.3) is 12.4 Å². The lowest BCUT2D eigenvalue weighted by molar-refractivity contribution is -0.122. The van der Waals surface area contributed by atoms with E-state index in [1.165, 1.54) is 12.3 Å². The topological polar surface area (TPSA) is 125 Å². The minimum Gasteiger partial charge on any atom is -0.483 e. The second-order valence-electron chi connectivity index (χ2n) is 8.76. The molecule has 4 heterocycles. The number of amides is 1. The Morgan fingerprint density at radius 3 is 2.64 bits per heavy atom. The van der Waals surface area contributed by atoms with Gasteiger partial charge in [-0.2, -0.15) is 4.98 Å². The zero-order chi connectivity index (χ0) is 26.2. The van der Waals surface area contributed by atoms with Gasteiger partial charge in [0.1, 0.15) is 5.56 Å². The number of rotatable bonds is 7. The van der Waals surface area contributed by atoms with Gasteiger partial charge in [0, 0.05) is 44.3 Å². The number of aryl methyl sites for hydroxylation is 1. The zero-order valence-corrected chi connectivity index (χ0v) is 20.9. The number of imidazole rings is 1. The van der Waals surface area contributed by atoms with Crippen LogP contribution in [-0.4, -0.2) is 82.1 Å². The van der Waals surface area contributed by atoms with Gasteiger partial charge in [-0.05, 0) is 46.7 Å². The van der Waals surface area contributed by atoms with Crippen molar-refractivity contribution in [3.63, 3.8) is 0 Å². The maximum atomic E-state index is 14.4. The number of hydrogen-bond donors (Lipinski definition) is 2. The normalized spacial score (nSPS) is 13.9. The van der Waals surface area contributed by atoms with E-state index >= 15 is 0 Å². The first-order valence-electron chi connectivity index (χ1n) is 11.7. The Hall–Kier alpha value is -3.80. The molecule has 36 heavy (non-hydrogen) atoms. The van der Waals surface area contributed by atoms with Gasteiger partial charge in [-0.3, -0.25) is 9.59 Å². The molecule has 12 heteroatoms. The molecule has 0 saturated carbocycles. The lowest BCUT2D eigenvalue weighted by Crippen LogP contribution is -2.38. The third-order valence-electron chi connectivity index (χ3n) is 5.67. The molecule has 1 aliphatic rings. The lowest BCUT2D eigenvalue weighted by Gasteiger charge is -2.33. The van der Waals surface area contributed by atoms with Gasteiger partial charge in [-0.1, -0.05) is 0 Å². The molecule has 3 aromatic heterocycles. The van der Waals surface area contributed by atoms with E-state index in [0.717, 1.165) is 32.5 Å². The Kier molecular flexibility index (Phi) is 9.12. The number of ether oxygens (including phenoxy) is 1. The van der Waals surface area contributed by atoms with Gasteiger partial charge in [-0.15, -0.1) is 0 Å². The quantitative estimate of drug-likeness (QED) is 0.470. The van der Waals surface area contributed by atoms with Crippen LogP contribution in [0.15, 0.2) is 24.7 Å². The first-order chi connectivity index (χ1) is 17.2. The second-order valence-corrected chi connectivity index (χ2v) is 8.76. The summed E-state index contributed by atoms with van der Waals surface area (Å²) < 4.78 is 21.6. The van der Waals surface area contributed by atoms with Crippen molar-refractivity contribution in [3.8, 4) is 5.88 Å². The minimum atomic E-state index is -0.518. The van der Waals surface area contributed by atoms with E-state index in [2.05, 4.69) is 44.2 Å². The summed E-state index contributed by atoms with van der Waals surface area (Å²) in [7, 11) is 4.19. The second kappa shape index (κ2) is 12.2. The largest absolute Gasteiger partial charge is 0.483 e. The maximum Gasteiger partial charge on any atom is 0.290 e. The monoisotopic (exact) mass is 501 g/mol. The molecule has 1 fully saturated rings. The fourth-order valence-electron chi connectivity index (χ4n) is 4.19. The number of aromatic nitrogens is 4. The molecule has 0 spiro atoms. The van der Waals surface area contributed by atoms with E-state index in [1.807, 2.05) is 6.92 Å². The van der Waals surface area contributed by atoms with Crippen LogP contribution < -0.4 is 15.0 Å². The SMILES string of the molecule is CCOc1nc(N2CCC(CN(C)C)CC2)ncc1C(=O)Nc1cc(F)c2nc(C)cn2c1.O=CO. The van der Waals surface area contributed by atoms with E-state index in [4.69, 9.17) is 14.6 Å². The molecule has 0 unspecified atom stereocenters. The number of carbonyl (C=O) groups excluding carboxylic acids is 1. The molecule has 0 radical (unpaired) electrons. The highest BCUT2D eigenvalue weighted by molar-refractivity contribution is 6.05. The van der Waals surface area contributed by atoms with Crippen LogP contribution in [0.3, 0.4) is 0 Å². The van der Waals surface area contributed by atoms with Crippen molar-refractivity contribution in [2.24, 2.45) is 5.92 Å². The van der Waals surface area contributed by atoms with Gasteiger partial charge >= 0.3 is 0 Å². The molecule has 3 aromatic rings. The van der Waals surface area contributed by atoms with Crippen LogP contribution in [0.2, 0.25) is 0 Å². The Labute approximate surface area is 208 Å². The summed E-state index contributed by atoms with van der Waals surface area (Å²) in [5.41, 5.74) is 1.40. The predicted molar refractivity (Wildman–Crippen MR) is 133 cm³/mol. The highest BCUT2D eigenvalue weighted by atomic mass is 19.1. The summed E-state index contributed by atoms with van der Waals surface area (Å²) in [6.45, 7) is 6.52. The number of carboxylic acid groups (broad SMARTS) is 1. The van der Waals surface area contributed by atoms with Crippen LogP contribution in [0.4, 0.5) is 16.0 Å². The fourth-order valence-corrected chi connectivity index (χ4v) is 4.19. The Balaban J connectivity index is 0.00000115. The number of carbonyl (C=O) groups is 2. The van der Waals surface area contributed by atoms with Crippen molar-refractivity contribution in [3.05, 3.63) is 41.7 Å². The summed E-state index contributed by atoms with van der Waals surface area (Å²) in [4.78, 5) is 38.8. The number of fused-ring (bicyclic) bond motifs is 1. The van der Waals surface area contributed by atoms with Gasteiger partial charge in [0.05, 0.1) is 18.0 Å². The molecule has 0 atom stereocenters. The standard InChI is InChI=1S/C23H30FN7O2.CH2O2/c1-5-33-22-18(11-25-23(28-22)30-8-6-16(7-9-30)13-29(3)4)21(32)27-17-10-19(24)20-26-15(2)12-31(20)14-17;2-1-3/h10-12,14,16H,5-9,13H2,1-4H3,(H,27,32);1H,(H,2,3).